The van der Waals surface area contributed by atoms with Gasteiger partial charge in [-0.3, -0.25) is 9.55 Å². The van der Waals surface area contributed by atoms with Crippen LogP contribution in [0.1, 0.15) is 24.8 Å². The van der Waals surface area contributed by atoms with Crippen LogP contribution in [-0.4, -0.2) is 43.8 Å². The minimum atomic E-state index is -2.90. The van der Waals surface area contributed by atoms with Gasteiger partial charge in [-0.1, -0.05) is 0 Å². The maximum Gasteiger partial charge on any atom is 0.316 e. The van der Waals surface area contributed by atoms with Crippen molar-refractivity contribution in [1.29, 1.82) is 5.26 Å². The zero-order chi connectivity index (χ0) is 20.1. The quantitative estimate of drug-likeness (QED) is 0.731. The van der Waals surface area contributed by atoms with E-state index in [2.05, 4.69) is 16.0 Å². The number of benzene rings is 1. The molecule has 2 atom stereocenters. The van der Waals surface area contributed by atoms with Crippen LogP contribution in [0.5, 0.6) is 11.5 Å². The monoisotopic (exact) mass is 405 g/mol. The molecule has 0 spiro atoms. The molecule has 1 aromatic heterocycles. The van der Waals surface area contributed by atoms with Crippen molar-refractivity contribution < 1.29 is 23.5 Å². The third kappa shape index (κ3) is 4.39. The van der Waals surface area contributed by atoms with E-state index in [1.54, 1.807) is 20.4 Å². The number of rotatable bonds is 6. The lowest BCUT2D eigenvalue weighted by atomic mass is 10.0. The molecule has 1 aliphatic rings. The van der Waals surface area contributed by atoms with E-state index in [1.807, 2.05) is 12.1 Å². The first kappa shape index (κ1) is 20.4. The molecule has 9 heteroatoms. The third-order valence-corrected chi connectivity index (χ3v) is 5.49. The number of nitrogens with zero attached hydrogens (tertiary/aromatic N) is 3. The van der Waals surface area contributed by atoms with Gasteiger partial charge in [-0.2, -0.15) is 5.26 Å². The molecule has 0 saturated carbocycles. The molecule has 8 nitrogen and oxygen atoms in total. The summed E-state index contributed by atoms with van der Waals surface area (Å²) in [6, 6.07) is 5.93. The van der Waals surface area contributed by atoms with Crippen LogP contribution in [0.4, 0.5) is 5.69 Å². The van der Waals surface area contributed by atoms with Gasteiger partial charge in [0.1, 0.15) is 6.07 Å². The number of fused-ring (bicyclic) bond motifs is 1. The molecule has 3 rings (SSSR count). The fraction of sp³-hybridized carbons (Fsp3) is 0.474. The Balaban J connectivity index is 1.96. The van der Waals surface area contributed by atoms with E-state index >= 15 is 0 Å². The van der Waals surface area contributed by atoms with Gasteiger partial charge in [-0.05, 0) is 31.2 Å². The van der Waals surface area contributed by atoms with Crippen LogP contribution in [0.3, 0.4) is 0 Å². The fourth-order valence-corrected chi connectivity index (χ4v) is 4.05. The predicted molar refractivity (Wildman–Crippen MR) is 106 cm³/mol. The Hall–Kier alpha value is -2.33. The topological polar surface area (TPSA) is 105 Å². The van der Waals surface area contributed by atoms with Crippen molar-refractivity contribution in [2.75, 3.05) is 38.8 Å². The van der Waals surface area contributed by atoms with Crippen molar-refractivity contribution in [2.45, 2.75) is 19.3 Å². The summed E-state index contributed by atoms with van der Waals surface area (Å²) in [7, 11) is 0.249. The van der Waals surface area contributed by atoms with Crippen LogP contribution >= 0.6 is 8.25 Å². The molecule has 2 aromatic rings. The molecule has 1 N–H and O–H groups in total. The lowest BCUT2D eigenvalue weighted by Gasteiger charge is -2.26. The summed E-state index contributed by atoms with van der Waals surface area (Å²) in [5.41, 5.74) is 2.08. The second-order valence-corrected chi connectivity index (χ2v) is 7.54. The molecule has 1 fully saturated rings. The van der Waals surface area contributed by atoms with Crippen LogP contribution in [0.15, 0.2) is 18.3 Å². The molecule has 28 heavy (non-hydrogen) atoms. The SMILES string of the molecule is COc1cc2ncc(C#N)c(N3CCCC(CO[PH](=O)O)CC3)c2cc1OC. The highest BCUT2D eigenvalue weighted by molar-refractivity contribution is 7.32. The molecule has 1 saturated heterocycles. The number of hydrogen-bond acceptors (Lipinski definition) is 7. The summed E-state index contributed by atoms with van der Waals surface area (Å²) in [6.45, 7) is 1.80. The zero-order valence-corrected chi connectivity index (χ0v) is 17.0. The fourth-order valence-electron chi connectivity index (χ4n) is 3.67. The van der Waals surface area contributed by atoms with Gasteiger partial charge in [0.05, 0.1) is 37.6 Å². The molecular formula is C19H24N3O5P. The molecule has 0 radical (unpaired) electrons. The normalized spacial score (nSPS) is 18.4. The Morgan fingerprint density at radius 1 is 1.29 bits per heavy atom. The molecule has 0 aliphatic carbocycles. The van der Waals surface area contributed by atoms with E-state index in [1.165, 1.54) is 0 Å². The summed E-state index contributed by atoms with van der Waals surface area (Å²) in [5.74, 6) is 1.40. The Labute approximate surface area is 164 Å². The van der Waals surface area contributed by atoms with Crippen molar-refractivity contribution in [3.8, 4) is 17.6 Å². The van der Waals surface area contributed by atoms with E-state index in [4.69, 9.17) is 18.9 Å². The Bertz CT molecular complexity index is 915. The van der Waals surface area contributed by atoms with Crippen molar-refractivity contribution >= 4 is 24.8 Å². The van der Waals surface area contributed by atoms with Crippen LogP contribution < -0.4 is 14.4 Å². The summed E-state index contributed by atoms with van der Waals surface area (Å²) in [5, 5.41) is 10.5. The van der Waals surface area contributed by atoms with Crippen molar-refractivity contribution in [3.63, 3.8) is 0 Å². The summed E-state index contributed by atoms with van der Waals surface area (Å²) in [4.78, 5) is 15.5. The van der Waals surface area contributed by atoms with E-state index < -0.39 is 8.25 Å². The van der Waals surface area contributed by atoms with Gasteiger partial charge < -0.3 is 23.8 Å². The number of nitriles is 1. The Kier molecular flexibility index (Phi) is 6.74. The lowest BCUT2D eigenvalue weighted by molar-refractivity contribution is 0.221. The summed E-state index contributed by atoms with van der Waals surface area (Å²) in [6.07, 6.45) is 4.22. The van der Waals surface area contributed by atoms with Gasteiger partial charge >= 0.3 is 8.25 Å². The largest absolute Gasteiger partial charge is 0.493 e. The first-order valence-electron chi connectivity index (χ1n) is 9.12. The van der Waals surface area contributed by atoms with Crippen LogP contribution in [-0.2, 0) is 9.09 Å². The van der Waals surface area contributed by atoms with Crippen LogP contribution in [0, 0.1) is 17.2 Å². The molecule has 150 valence electrons. The highest BCUT2D eigenvalue weighted by Crippen LogP contribution is 2.38. The molecular weight excluding hydrogens is 381 g/mol. The Morgan fingerprint density at radius 2 is 2.04 bits per heavy atom. The third-order valence-electron chi connectivity index (χ3n) is 5.07. The van der Waals surface area contributed by atoms with Gasteiger partial charge in [0, 0.05) is 30.7 Å². The highest BCUT2D eigenvalue weighted by Gasteiger charge is 2.23. The van der Waals surface area contributed by atoms with Gasteiger partial charge in [0.15, 0.2) is 11.5 Å². The van der Waals surface area contributed by atoms with Crippen molar-refractivity contribution in [1.82, 2.24) is 4.98 Å². The predicted octanol–water partition coefficient (Wildman–Crippen LogP) is 3.13. The second-order valence-electron chi connectivity index (χ2n) is 6.72. The average molecular weight is 405 g/mol. The highest BCUT2D eigenvalue weighted by atomic mass is 31.1. The molecule has 2 heterocycles. The first-order chi connectivity index (χ1) is 13.6. The van der Waals surface area contributed by atoms with Gasteiger partial charge in [0.2, 0.25) is 0 Å². The van der Waals surface area contributed by atoms with Gasteiger partial charge in [0.25, 0.3) is 0 Å². The van der Waals surface area contributed by atoms with Gasteiger partial charge in [-0.25, -0.2) is 0 Å². The van der Waals surface area contributed by atoms with Crippen molar-refractivity contribution in [2.24, 2.45) is 5.92 Å². The molecule has 0 amide bonds. The summed E-state index contributed by atoms with van der Waals surface area (Å²) < 4.78 is 26.6. The molecule has 0 bridgehead atoms. The molecule has 2 unspecified atom stereocenters. The van der Waals surface area contributed by atoms with E-state index in [0.29, 0.717) is 17.1 Å². The Morgan fingerprint density at radius 3 is 2.71 bits per heavy atom. The minimum Gasteiger partial charge on any atom is -0.493 e. The number of pyridine rings is 1. The maximum atomic E-state index is 10.8. The molecule has 1 aromatic carbocycles. The number of ether oxygens (including phenoxy) is 2. The average Bonchev–Trinajstić information content (AvgIpc) is 2.95. The van der Waals surface area contributed by atoms with E-state index in [0.717, 1.165) is 48.9 Å². The maximum absolute atomic E-state index is 10.8. The van der Waals surface area contributed by atoms with E-state index in [-0.39, 0.29) is 12.5 Å². The number of methoxy groups -OCH3 is 2. The minimum absolute atomic E-state index is 0.222. The molecule has 1 aliphatic heterocycles. The van der Waals surface area contributed by atoms with Crippen LogP contribution in [0.25, 0.3) is 10.9 Å². The van der Waals surface area contributed by atoms with Crippen molar-refractivity contribution in [3.05, 3.63) is 23.9 Å². The number of hydrogen-bond donors (Lipinski definition) is 1. The standard InChI is InChI=1S/C19H24N3O5P/c1-25-17-8-15-16(9-18(17)26-2)21-11-14(10-20)19(15)22-6-3-4-13(5-7-22)12-27-28(23)24/h8-9,11,13,28H,3-7,12H2,1-2H3,(H,23,24). The summed E-state index contributed by atoms with van der Waals surface area (Å²) >= 11 is 0. The smallest absolute Gasteiger partial charge is 0.316 e. The number of anilines is 1. The number of aromatic nitrogens is 1. The lowest BCUT2D eigenvalue weighted by Crippen LogP contribution is -2.25. The van der Waals surface area contributed by atoms with Crippen LogP contribution in [0.2, 0.25) is 0 Å². The second kappa shape index (κ2) is 9.24. The first-order valence-corrected chi connectivity index (χ1v) is 10.4. The zero-order valence-electron chi connectivity index (χ0n) is 16.0. The van der Waals surface area contributed by atoms with Gasteiger partial charge in [-0.15, -0.1) is 0 Å². The van der Waals surface area contributed by atoms with E-state index in [9.17, 15) is 9.83 Å².